The van der Waals surface area contributed by atoms with Crippen LogP contribution >= 0.6 is 0 Å². The Balaban J connectivity index is 2.81. The molecule has 0 aromatic rings. The van der Waals surface area contributed by atoms with Gasteiger partial charge in [-0.25, -0.2) is 0 Å². The summed E-state index contributed by atoms with van der Waals surface area (Å²) >= 11 is 0. The predicted octanol–water partition coefficient (Wildman–Crippen LogP) is 1.78. The lowest BCUT2D eigenvalue weighted by atomic mass is 10.3. The van der Waals surface area contributed by atoms with E-state index < -0.39 is 0 Å². The Kier molecular flexibility index (Phi) is 13.8. The summed E-state index contributed by atoms with van der Waals surface area (Å²) in [7, 11) is 0. The molecule has 0 spiro atoms. The standard InChI is InChI=1S/C12H28N2O/c1-3-8-13-10-7-11-14-9-5-6-12-15-4-2/h13-14H,3-12H2,1-2H3. The van der Waals surface area contributed by atoms with Crippen molar-refractivity contribution >= 4 is 0 Å². The van der Waals surface area contributed by atoms with E-state index in [0.717, 1.165) is 39.4 Å². The topological polar surface area (TPSA) is 33.3 Å². The van der Waals surface area contributed by atoms with Crippen molar-refractivity contribution in [1.82, 2.24) is 10.6 Å². The minimum atomic E-state index is 0.844. The zero-order valence-corrected chi connectivity index (χ0v) is 10.5. The van der Waals surface area contributed by atoms with Crippen LogP contribution in [0, 0.1) is 0 Å². The van der Waals surface area contributed by atoms with Crippen LogP contribution in [0.3, 0.4) is 0 Å². The first-order chi connectivity index (χ1) is 7.41. The second-order valence-corrected chi connectivity index (χ2v) is 3.76. The van der Waals surface area contributed by atoms with Gasteiger partial charge in [-0.1, -0.05) is 6.92 Å². The highest BCUT2D eigenvalue weighted by atomic mass is 16.5. The predicted molar refractivity (Wildman–Crippen MR) is 66.4 cm³/mol. The molecule has 0 atom stereocenters. The van der Waals surface area contributed by atoms with Gasteiger partial charge in [0.25, 0.3) is 0 Å². The van der Waals surface area contributed by atoms with E-state index in [2.05, 4.69) is 17.6 Å². The lowest BCUT2D eigenvalue weighted by molar-refractivity contribution is 0.143. The second-order valence-electron chi connectivity index (χ2n) is 3.76. The Morgan fingerprint density at radius 3 is 2.13 bits per heavy atom. The number of hydrogen-bond donors (Lipinski definition) is 2. The van der Waals surface area contributed by atoms with E-state index in [1.807, 2.05) is 6.92 Å². The van der Waals surface area contributed by atoms with Crippen LogP contribution in [-0.2, 0) is 4.74 Å². The van der Waals surface area contributed by atoms with Gasteiger partial charge in [-0.2, -0.15) is 0 Å². The van der Waals surface area contributed by atoms with Crippen LogP contribution in [0.25, 0.3) is 0 Å². The lowest BCUT2D eigenvalue weighted by Gasteiger charge is -2.05. The van der Waals surface area contributed by atoms with Crippen LogP contribution in [-0.4, -0.2) is 39.4 Å². The van der Waals surface area contributed by atoms with Crippen LogP contribution in [0.5, 0.6) is 0 Å². The van der Waals surface area contributed by atoms with Crippen molar-refractivity contribution in [2.24, 2.45) is 0 Å². The molecule has 0 aliphatic carbocycles. The first kappa shape index (κ1) is 14.9. The molecular formula is C12H28N2O. The molecule has 0 fully saturated rings. The van der Waals surface area contributed by atoms with Gasteiger partial charge in [0.1, 0.15) is 0 Å². The van der Waals surface area contributed by atoms with Crippen molar-refractivity contribution in [3.63, 3.8) is 0 Å². The summed E-state index contributed by atoms with van der Waals surface area (Å²) in [5.41, 5.74) is 0. The van der Waals surface area contributed by atoms with Gasteiger partial charge in [-0.05, 0) is 58.8 Å². The molecule has 0 aromatic heterocycles. The Morgan fingerprint density at radius 2 is 1.47 bits per heavy atom. The van der Waals surface area contributed by atoms with E-state index in [9.17, 15) is 0 Å². The van der Waals surface area contributed by atoms with Gasteiger partial charge in [-0.3, -0.25) is 0 Å². The highest BCUT2D eigenvalue weighted by Crippen LogP contribution is 1.88. The average Bonchev–Trinajstić information content (AvgIpc) is 2.26. The molecule has 0 aliphatic rings. The molecule has 0 saturated carbocycles. The summed E-state index contributed by atoms with van der Waals surface area (Å²) in [6, 6.07) is 0. The smallest absolute Gasteiger partial charge is 0.0466 e. The van der Waals surface area contributed by atoms with Crippen molar-refractivity contribution in [3.05, 3.63) is 0 Å². The van der Waals surface area contributed by atoms with Crippen LogP contribution in [0.1, 0.15) is 39.5 Å². The highest BCUT2D eigenvalue weighted by molar-refractivity contribution is 4.51. The molecule has 0 rings (SSSR count). The number of rotatable bonds is 12. The Labute approximate surface area is 95.0 Å². The fourth-order valence-electron chi connectivity index (χ4n) is 1.36. The first-order valence-corrected chi connectivity index (χ1v) is 6.41. The molecule has 92 valence electrons. The zero-order chi connectivity index (χ0) is 11.2. The van der Waals surface area contributed by atoms with Gasteiger partial charge >= 0.3 is 0 Å². The summed E-state index contributed by atoms with van der Waals surface area (Å²) in [5, 5.41) is 6.84. The number of unbranched alkanes of at least 4 members (excludes halogenated alkanes) is 1. The monoisotopic (exact) mass is 216 g/mol. The third-order valence-corrected chi connectivity index (χ3v) is 2.23. The summed E-state index contributed by atoms with van der Waals surface area (Å²) in [6.07, 6.45) is 4.85. The maximum Gasteiger partial charge on any atom is 0.0466 e. The SMILES string of the molecule is CCCNCCCNCCCCOCC. The van der Waals surface area contributed by atoms with Crippen LogP contribution in [0.15, 0.2) is 0 Å². The van der Waals surface area contributed by atoms with E-state index >= 15 is 0 Å². The van der Waals surface area contributed by atoms with Gasteiger partial charge in [0.05, 0.1) is 0 Å². The molecule has 0 saturated heterocycles. The normalized spacial score (nSPS) is 10.8. The average molecular weight is 216 g/mol. The van der Waals surface area contributed by atoms with E-state index in [0.29, 0.717) is 0 Å². The van der Waals surface area contributed by atoms with Crippen molar-refractivity contribution in [1.29, 1.82) is 0 Å². The summed E-state index contributed by atoms with van der Waals surface area (Å²) in [6.45, 7) is 10.5. The fourth-order valence-corrected chi connectivity index (χ4v) is 1.36. The molecule has 0 aliphatic heterocycles. The molecule has 2 N–H and O–H groups in total. The molecule has 0 heterocycles. The number of nitrogens with one attached hydrogen (secondary N) is 2. The maximum absolute atomic E-state index is 5.27. The molecule has 0 radical (unpaired) electrons. The molecule has 0 amide bonds. The van der Waals surface area contributed by atoms with Crippen LogP contribution < -0.4 is 10.6 Å². The van der Waals surface area contributed by atoms with Crippen molar-refractivity contribution in [3.8, 4) is 0 Å². The minimum absolute atomic E-state index is 0.844. The van der Waals surface area contributed by atoms with E-state index in [1.54, 1.807) is 0 Å². The molecule has 3 heteroatoms. The Bertz CT molecular complexity index is 97.8. The molecule has 0 unspecified atom stereocenters. The van der Waals surface area contributed by atoms with Gasteiger partial charge in [0.15, 0.2) is 0 Å². The first-order valence-electron chi connectivity index (χ1n) is 6.41. The maximum atomic E-state index is 5.27. The van der Waals surface area contributed by atoms with Crippen LogP contribution in [0.4, 0.5) is 0 Å². The summed E-state index contributed by atoms with van der Waals surface area (Å²) in [5.74, 6) is 0. The van der Waals surface area contributed by atoms with Gasteiger partial charge in [0.2, 0.25) is 0 Å². The largest absolute Gasteiger partial charge is 0.382 e. The van der Waals surface area contributed by atoms with Gasteiger partial charge < -0.3 is 15.4 Å². The third kappa shape index (κ3) is 13.9. The molecular weight excluding hydrogens is 188 g/mol. The second kappa shape index (κ2) is 13.9. The molecule has 0 bridgehead atoms. The summed E-state index contributed by atoms with van der Waals surface area (Å²) in [4.78, 5) is 0. The van der Waals surface area contributed by atoms with Crippen LogP contribution in [0.2, 0.25) is 0 Å². The minimum Gasteiger partial charge on any atom is -0.382 e. The third-order valence-electron chi connectivity index (χ3n) is 2.23. The van der Waals surface area contributed by atoms with Crippen molar-refractivity contribution in [2.45, 2.75) is 39.5 Å². The molecule has 15 heavy (non-hydrogen) atoms. The van der Waals surface area contributed by atoms with Crippen molar-refractivity contribution in [2.75, 3.05) is 39.4 Å². The lowest BCUT2D eigenvalue weighted by Crippen LogP contribution is -2.23. The number of hydrogen-bond acceptors (Lipinski definition) is 3. The van der Waals surface area contributed by atoms with Crippen molar-refractivity contribution < 1.29 is 4.74 Å². The van der Waals surface area contributed by atoms with E-state index in [-0.39, 0.29) is 0 Å². The number of ether oxygens (including phenoxy) is 1. The Morgan fingerprint density at radius 1 is 0.800 bits per heavy atom. The van der Waals surface area contributed by atoms with Gasteiger partial charge in [0, 0.05) is 13.2 Å². The quantitative estimate of drug-likeness (QED) is 0.488. The highest BCUT2D eigenvalue weighted by Gasteiger charge is 1.90. The van der Waals surface area contributed by atoms with Gasteiger partial charge in [-0.15, -0.1) is 0 Å². The Hall–Kier alpha value is -0.120. The van der Waals surface area contributed by atoms with E-state index in [4.69, 9.17) is 4.74 Å². The summed E-state index contributed by atoms with van der Waals surface area (Å²) < 4.78 is 5.27. The van der Waals surface area contributed by atoms with E-state index in [1.165, 1.54) is 25.7 Å². The molecule has 0 aromatic carbocycles. The zero-order valence-electron chi connectivity index (χ0n) is 10.5. The fraction of sp³-hybridized carbons (Fsp3) is 1.00. The molecule has 3 nitrogen and oxygen atoms in total.